The van der Waals surface area contributed by atoms with Crippen molar-refractivity contribution in [3.05, 3.63) is 255 Å². The number of halogens is 8. The summed E-state index contributed by atoms with van der Waals surface area (Å²) in [6.07, 6.45) is 21.6. The van der Waals surface area contributed by atoms with Gasteiger partial charge in [0.2, 0.25) is 11.6 Å². The molecule has 4 aliphatic rings. The van der Waals surface area contributed by atoms with Crippen LogP contribution < -0.4 is 10.6 Å². The Labute approximate surface area is 863 Å². The topological polar surface area (TPSA) is 396 Å². The molecule has 0 spiro atoms. The molecule has 143 heavy (non-hydrogen) atoms. The minimum absolute atomic E-state index is 0.0775. The molecule has 20 rings (SSSR count). The maximum Gasteiger partial charge on any atom is 0.274 e. The van der Waals surface area contributed by atoms with Gasteiger partial charge in [-0.25, -0.2) is 28.1 Å². The van der Waals surface area contributed by atoms with Gasteiger partial charge in [0, 0.05) is 139 Å². The van der Waals surface area contributed by atoms with Crippen molar-refractivity contribution >= 4 is 116 Å². The van der Waals surface area contributed by atoms with Crippen LogP contribution in [0.15, 0.2) is 170 Å². The van der Waals surface area contributed by atoms with E-state index < -0.39 is 0 Å². The number of aryl methyl sites for hydroxylation is 3. The summed E-state index contributed by atoms with van der Waals surface area (Å²) in [6, 6.07) is 51.9. The predicted molar refractivity (Wildman–Crippen MR) is 551 cm³/mol. The summed E-state index contributed by atoms with van der Waals surface area (Å²) in [6.45, 7) is 3.12. The van der Waals surface area contributed by atoms with Gasteiger partial charge in [0.25, 0.3) is 23.6 Å². The number of aromatic nitrogens is 24. The molecule has 0 radical (unpaired) electrons. The van der Waals surface area contributed by atoms with Crippen molar-refractivity contribution in [3.8, 4) is 113 Å². The molecule has 4 amide bonds. The van der Waals surface area contributed by atoms with Crippen LogP contribution in [0.25, 0.3) is 113 Å². The Morgan fingerprint density at radius 1 is 0.364 bits per heavy atom. The molecule has 0 atom stereocenters. The number of carbonyl (C=O) groups excluding carboxylic acids is 4. The zero-order chi connectivity index (χ0) is 100. The van der Waals surface area contributed by atoms with E-state index in [0.29, 0.717) is 120 Å². The average Bonchev–Trinajstić information content (AvgIpc) is 1.62. The van der Waals surface area contributed by atoms with Crippen LogP contribution in [0.1, 0.15) is 193 Å². The van der Waals surface area contributed by atoms with E-state index in [1.54, 1.807) is 110 Å². The SMILES string of the molecule is Cc1c(C(=O)N(C)C2CCCCC2)nn(-c2ccc(Cl)cc2Cl)c1-c1ccc(-c2nn[nH]n2)cc1.Cc1c(C(=O)N(C)C2CCCCC2)nn(-c2ccc(Cl)cc2Cl)c1-c1ccc(-c2nnnn2C)cc1.Cn1nnc(-c2ccc(-c3c(CO)c(C(=O)NC4CCCCC4)nn3-c3ccc(Cl)cc3Cl)cc2)n1.Cn1nnnc1-c1ccc(-c2c(CO)c(C(=O)NC3CCCCC3)nn2-c2ccc(Cl)cc2Cl)cc1. The summed E-state index contributed by atoms with van der Waals surface area (Å²) < 4.78 is 9.87. The number of aliphatic hydroxyl groups is 2. The monoisotopic (exact) mass is 2080 g/mol. The Kier molecular flexibility index (Phi) is 32.4. The van der Waals surface area contributed by atoms with E-state index >= 15 is 0 Å². The highest BCUT2D eigenvalue weighted by atomic mass is 35.5. The Morgan fingerprint density at radius 2 is 0.671 bits per heavy atom. The third-order valence-corrected chi connectivity index (χ3v) is 28.6. The van der Waals surface area contributed by atoms with Crippen LogP contribution >= 0.6 is 92.8 Å². The smallest absolute Gasteiger partial charge is 0.274 e. The van der Waals surface area contributed by atoms with Crippen LogP contribution in [0.3, 0.4) is 0 Å². The van der Waals surface area contributed by atoms with Crippen LogP contribution in [-0.2, 0) is 34.4 Å². The largest absolute Gasteiger partial charge is 0.392 e. The Morgan fingerprint density at radius 3 is 0.972 bits per heavy atom. The second kappa shape index (κ2) is 45.7. The van der Waals surface area contributed by atoms with E-state index in [1.807, 2.05) is 147 Å². The van der Waals surface area contributed by atoms with Crippen LogP contribution in [0, 0.1) is 13.8 Å². The van der Waals surface area contributed by atoms with E-state index in [0.717, 1.165) is 170 Å². The molecule has 16 aromatic rings. The molecule has 738 valence electrons. The van der Waals surface area contributed by atoms with Crippen molar-refractivity contribution in [3.63, 3.8) is 0 Å². The molecule has 0 aliphatic heterocycles. The highest BCUT2D eigenvalue weighted by Crippen LogP contribution is 2.42. The molecule has 5 N–H and O–H groups in total. The van der Waals surface area contributed by atoms with Crippen LogP contribution in [-0.4, -0.2) is 202 Å². The van der Waals surface area contributed by atoms with Gasteiger partial charge in [-0.15, -0.1) is 30.6 Å². The number of amides is 4. The summed E-state index contributed by atoms with van der Waals surface area (Å²) in [7, 11) is 9.03. The molecule has 4 saturated carbocycles. The normalized spacial score (nSPS) is 14.2. The minimum Gasteiger partial charge on any atom is -0.392 e. The van der Waals surface area contributed by atoms with Crippen molar-refractivity contribution in [1.29, 1.82) is 0 Å². The first-order chi connectivity index (χ1) is 69.2. The average molecular weight is 2090 g/mol. The number of aliphatic hydroxyl groups excluding tert-OH is 2. The summed E-state index contributed by atoms with van der Waals surface area (Å²) >= 11 is 50.8. The molecule has 8 aromatic carbocycles. The van der Waals surface area contributed by atoms with Crippen LogP contribution in [0.4, 0.5) is 0 Å². The Balaban J connectivity index is 0.000000131. The van der Waals surface area contributed by atoms with Gasteiger partial charge in [-0.05, 0) is 169 Å². The molecule has 8 aromatic heterocycles. The first-order valence-corrected chi connectivity index (χ1v) is 50.2. The number of hydrogen-bond acceptors (Lipinski definition) is 22. The molecule has 34 nitrogen and oxygen atoms in total. The molecular formula is C101H102Cl8N28O6. The molecule has 42 heteroatoms. The Hall–Kier alpha value is -13.0. The molecule has 4 fully saturated rings. The van der Waals surface area contributed by atoms with Crippen molar-refractivity contribution in [2.45, 2.75) is 180 Å². The number of H-pyrrole nitrogens is 1. The number of carbonyl (C=O) groups is 4. The summed E-state index contributed by atoms with van der Waals surface area (Å²) in [5.41, 5.74) is 15.3. The zero-order valence-corrected chi connectivity index (χ0v) is 85.3. The van der Waals surface area contributed by atoms with Gasteiger partial charge in [-0.3, -0.25) is 19.2 Å². The lowest BCUT2D eigenvalue weighted by atomic mass is 9.94. The molecule has 4 aliphatic carbocycles. The first-order valence-electron chi connectivity index (χ1n) is 47.2. The predicted octanol–water partition coefficient (Wildman–Crippen LogP) is 20.7. The van der Waals surface area contributed by atoms with Gasteiger partial charge in [0.05, 0.1) is 85.9 Å². The third kappa shape index (κ3) is 22.7. The van der Waals surface area contributed by atoms with Gasteiger partial charge >= 0.3 is 0 Å². The van der Waals surface area contributed by atoms with Crippen molar-refractivity contribution in [2.24, 2.45) is 21.1 Å². The number of tetrazole rings is 4. The maximum absolute atomic E-state index is 13.7. The summed E-state index contributed by atoms with van der Waals surface area (Å²) in [5.74, 6) is 1.51. The van der Waals surface area contributed by atoms with Crippen molar-refractivity contribution in [2.75, 3.05) is 14.1 Å². The van der Waals surface area contributed by atoms with Crippen LogP contribution in [0.5, 0.6) is 0 Å². The highest BCUT2D eigenvalue weighted by Gasteiger charge is 2.35. The number of nitrogens with one attached hydrogen (secondary N) is 3. The highest BCUT2D eigenvalue weighted by molar-refractivity contribution is 6.37. The van der Waals surface area contributed by atoms with E-state index in [1.165, 1.54) is 30.5 Å². The molecule has 8 heterocycles. The molecule has 0 bridgehead atoms. The summed E-state index contributed by atoms with van der Waals surface area (Å²) in [4.78, 5) is 59.0. The first kappa shape index (κ1) is 101. The lowest BCUT2D eigenvalue weighted by Crippen LogP contribution is -2.38. The minimum atomic E-state index is -0.374. The fraction of sp³-hybridized carbons (Fsp3) is 0.327. The number of benzene rings is 8. The van der Waals surface area contributed by atoms with E-state index in [4.69, 9.17) is 103 Å². The fourth-order valence-electron chi connectivity index (χ4n) is 18.9. The van der Waals surface area contributed by atoms with Crippen LogP contribution in [0.2, 0.25) is 40.2 Å². The number of hydrogen-bond donors (Lipinski definition) is 5. The second-order valence-electron chi connectivity index (χ2n) is 35.8. The van der Waals surface area contributed by atoms with E-state index in [2.05, 4.69) is 87.9 Å². The van der Waals surface area contributed by atoms with Crippen molar-refractivity contribution in [1.82, 2.24) is 141 Å². The van der Waals surface area contributed by atoms with E-state index in [-0.39, 0.29) is 72.4 Å². The van der Waals surface area contributed by atoms with Gasteiger partial charge in [-0.2, -0.15) is 30.4 Å². The van der Waals surface area contributed by atoms with Gasteiger partial charge < -0.3 is 30.6 Å². The number of aromatic amines is 1. The third-order valence-electron chi connectivity index (χ3n) is 26.4. The van der Waals surface area contributed by atoms with Gasteiger partial charge in [0.1, 0.15) is 0 Å². The molecule has 0 saturated heterocycles. The number of rotatable bonds is 22. The zero-order valence-electron chi connectivity index (χ0n) is 79.3. The quantitative estimate of drug-likeness (QED) is 0.0421. The van der Waals surface area contributed by atoms with Gasteiger partial charge in [-0.1, -0.05) is 267 Å². The lowest BCUT2D eigenvalue weighted by molar-refractivity contribution is 0.0681. The van der Waals surface area contributed by atoms with Gasteiger partial charge in [0.15, 0.2) is 34.4 Å². The van der Waals surface area contributed by atoms with E-state index in [9.17, 15) is 29.4 Å². The summed E-state index contributed by atoms with van der Waals surface area (Å²) in [5, 5.41) is 99.3. The molecular weight excluding hydrogens is 1980 g/mol. The molecule has 0 unspecified atom stereocenters. The standard InChI is InChI=1S/C26H27Cl2N7O.2C25H25Cl2N7O2.C25H25Cl2N7O/c1-16-23(26(36)33(2)20-7-5-4-6-8-20)30-35(22-14-13-19(27)15-21(22)28)24(16)17-9-11-18(12-10-17)25-29-31-32-34(25)3;1-33-24(29-31-32-33)16-9-7-15(8-10-16)23-19(14-35)22(25(36)28-18-5-3-2-4-6-18)30-34(23)21-12-11-17(26)13-20(21)27;1-33-31-24(29-32-33)16-9-7-15(8-10-16)23-19(14-35)22(25(36)28-18-5-3-2-4-6-18)30-34(23)21-12-11-17(26)13-20(21)27;1-15-22(25(35)33(2)19-6-4-3-5-7-19)30-34(21-13-12-18(26)14-20(21)27)23(15)16-8-10-17(11-9-16)24-28-31-32-29-24/h9-15,20H,4-8H2,1-3H3;2*7-13,18,35H,2-6,14H2,1H3,(H,28,36);8-14,19H,3-7H2,1-2H3,(H,28,29,31,32). The maximum atomic E-state index is 13.7. The Bertz CT molecular complexity index is 7240. The fourth-order valence-corrected chi connectivity index (χ4v) is 20.8. The van der Waals surface area contributed by atoms with Crippen molar-refractivity contribution < 1.29 is 29.4 Å². The second-order valence-corrected chi connectivity index (χ2v) is 39.1. The number of nitrogens with zero attached hydrogens (tertiary/aromatic N) is 25. The lowest BCUT2D eigenvalue weighted by Gasteiger charge is -2.30.